The van der Waals surface area contributed by atoms with Crippen LogP contribution in [0.5, 0.6) is 5.75 Å². The number of thioether (sulfide) groups is 1. The molecule has 1 heterocycles. The fourth-order valence-corrected chi connectivity index (χ4v) is 3.48. The SMILES string of the molecule is CCn1c(COc2ccccc2)nnc1SCC(=O)NCc1ccc(Cl)cc1. The topological polar surface area (TPSA) is 69.0 Å². The average molecular weight is 417 g/mol. The maximum Gasteiger partial charge on any atom is 0.230 e. The molecule has 3 rings (SSSR count). The van der Waals surface area contributed by atoms with E-state index in [0.717, 1.165) is 17.1 Å². The van der Waals surface area contributed by atoms with Gasteiger partial charge < -0.3 is 14.6 Å². The zero-order chi connectivity index (χ0) is 19.8. The van der Waals surface area contributed by atoms with Gasteiger partial charge in [0.2, 0.25) is 5.91 Å². The predicted molar refractivity (Wildman–Crippen MR) is 110 cm³/mol. The highest BCUT2D eigenvalue weighted by Gasteiger charge is 2.13. The molecule has 0 aliphatic heterocycles. The lowest BCUT2D eigenvalue weighted by atomic mass is 10.2. The van der Waals surface area contributed by atoms with Crippen molar-refractivity contribution < 1.29 is 9.53 Å². The van der Waals surface area contributed by atoms with E-state index in [1.54, 1.807) is 12.1 Å². The predicted octanol–water partition coefficient (Wildman–Crippen LogP) is 3.94. The van der Waals surface area contributed by atoms with E-state index >= 15 is 0 Å². The number of aromatic nitrogens is 3. The van der Waals surface area contributed by atoms with Crippen LogP contribution < -0.4 is 10.1 Å². The molecule has 0 saturated heterocycles. The molecule has 0 aliphatic rings. The highest BCUT2D eigenvalue weighted by atomic mass is 35.5. The Morgan fingerprint density at radius 1 is 1.14 bits per heavy atom. The maximum absolute atomic E-state index is 12.1. The standard InChI is InChI=1S/C20H21ClN4O2S/c1-2-25-18(13-27-17-6-4-3-5-7-17)23-24-20(25)28-14-19(26)22-12-15-8-10-16(21)11-9-15/h3-11H,2,12-14H2,1H3,(H,22,26). The third kappa shape index (κ3) is 5.74. The van der Waals surface area contributed by atoms with Gasteiger partial charge in [-0.05, 0) is 36.8 Å². The fourth-order valence-electron chi connectivity index (χ4n) is 2.50. The zero-order valence-corrected chi connectivity index (χ0v) is 17.0. The summed E-state index contributed by atoms with van der Waals surface area (Å²) in [6, 6.07) is 17.0. The third-order valence-electron chi connectivity index (χ3n) is 3.96. The zero-order valence-electron chi connectivity index (χ0n) is 15.5. The molecule has 0 fully saturated rings. The Morgan fingerprint density at radius 3 is 2.61 bits per heavy atom. The summed E-state index contributed by atoms with van der Waals surface area (Å²) >= 11 is 7.23. The van der Waals surface area contributed by atoms with E-state index in [1.807, 2.05) is 54.0 Å². The van der Waals surface area contributed by atoms with Crippen LogP contribution in [0.3, 0.4) is 0 Å². The van der Waals surface area contributed by atoms with Crippen LogP contribution in [0.25, 0.3) is 0 Å². The summed E-state index contributed by atoms with van der Waals surface area (Å²) in [4.78, 5) is 12.1. The molecule has 0 bridgehead atoms. The lowest BCUT2D eigenvalue weighted by molar-refractivity contribution is -0.118. The second-order valence-electron chi connectivity index (χ2n) is 5.94. The Bertz CT molecular complexity index is 900. The molecule has 1 aromatic heterocycles. The Labute approximate surface area is 173 Å². The van der Waals surface area contributed by atoms with Crippen LogP contribution in [0.1, 0.15) is 18.3 Å². The van der Waals surface area contributed by atoms with Gasteiger partial charge in [0, 0.05) is 18.1 Å². The van der Waals surface area contributed by atoms with Crippen molar-refractivity contribution in [3.63, 3.8) is 0 Å². The van der Waals surface area contributed by atoms with E-state index in [4.69, 9.17) is 16.3 Å². The van der Waals surface area contributed by atoms with Crippen molar-refractivity contribution in [3.05, 3.63) is 71.0 Å². The van der Waals surface area contributed by atoms with Gasteiger partial charge >= 0.3 is 0 Å². The molecule has 146 valence electrons. The van der Waals surface area contributed by atoms with Crippen molar-refractivity contribution in [2.45, 2.75) is 31.8 Å². The molecule has 0 radical (unpaired) electrons. The molecule has 3 aromatic rings. The number of rotatable bonds is 9. The van der Waals surface area contributed by atoms with Crippen LogP contribution in [0, 0.1) is 0 Å². The van der Waals surface area contributed by atoms with Crippen molar-refractivity contribution in [3.8, 4) is 5.75 Å². The van der Waals surface area contributed by atoms with E-state index in [2.05, 4.69) is 15.5 Å². The number of hydrogen-bond donors (Lipinski definition) is 1. The van der Waals surface area contributed by atoms with Crippen molar-refractivity contribution in [1.82, 2.24) is 20.1 Å². The number of carbonyl (C=O) groups excluding carboxylic acids is 1. The highest BCUT2D eigenvalue weighted by molar-refractivity contribution is 7.99. The fraction of sp³-hybridized carbons (Fsp3) is 0.250. The number of halogens is 1. The number of para-hydroxylation sites is 1. The molecular formula is C20H21ClN4O2S. The van der Waals surface area contributed by atoms with Gasteiger partial charge in [0.1, 0.15) is 12.4 Å². The van der Waals surface area contributed by atoms with Gasteiger partial charge in [0.05, 0.1) is 5.75 Å². The smallest absolute Gasteiger partial charge is 0.230 e. The van der Waals surface area contributed by atoms with E-state index in [9.17, 15) is 4.79 Å². The van der Waals surface area contributed by atoms with E-state index < -0.39 is 0 Å². The minimum Gasteiger partial charge on any atom is -0.486 e. The van der Waals surface area contributed by atoms with Gasteiger partial charge in [0.25, 0.3) is 0 Å². The lowest BCUT2D eigenvalue weighted by Crippen LogP contribution is -2.24. The first kappa shape index (κ1) is 20.2. The maximum atomic E-state index is 12.1. The first-order valence-electron chi connectivity index (χ1n) is 8.89. The largest absolute Gasteiger partial charge is 0.486 e. The van der Waals surface area contributed by atoms with Crippen LogP contribution in [0.2, 0.25) is 5.02 Å². The summed E-state index contributed by atoms with van der Waals surface area (Å²) in [7, 11) is 0. The number of benzene rings is 2. The lowest BCUT2D eigenvalue weighted by Gasteiger charge is -2.09. The molecule has 0 spiro atoms. The minimum absolute atomic E-state index is 0.0623. The van der Waals surface area contributed by atoms with E-state index in [1.165, 1.54) is 11.8 Å². The van der Waals surface area contributed by atoms with Gasteiger partial charge in [-0.2, -0.15) is 0 Å². The molecule has 1 amide bonds. The van der Waals surface area contributed by atoms with Crippen molar-refractivity contribution in [2.75, 3.05) is 5.75 Å². The molecule has 28 heavy (non-hydrogen) atoms. The monoisotopic (exact) mass is 416 g/mol. The molecular weight excluding hydrogens is 396 g/mol. The number of carbonyl (C=O) groups is 1. The minimum atomic E-state index is -0.0623. The molecule has 8 heteroatoms. The van der Waals surface area contributed by atoms with Gasteiger partial charge in [-0.1, -0.05) is 53.7 Å². The number of nitrogens with zero attached hydrogens (tertiary/aromatic N) is 3. The van der Waals surface area contributed by atoms with Crippen LogP contribution in [-0.2, 0) is 24.5 Å². The third-order valence-corrected chi connectivity index (χ3v) is 5.17. The van der Waals surface area contributed by atoms with Crippen LogP contribution in [-0.4, -0.2) is 26.4 Å². The van der Waals surface area contributed by atoms with E-state index in [-0.39, 0.29) is 11.7 Å². The summed E-state index contributed by atoms with van der Waals surface area (Å²) in [6.07, 6.45) is 0. The summed E-state index contributed by atoms with van der Waals surface area (Å²) in [5.41, 5.74) is 1.000. The molecule has 0 saturated carbocycles. The normalized spacial score (nSPS) is 10.6. The van der Waals surface area contributed by atoms with Gasteiger partial charge in [0.15, 0.2) is 11.0 Å². The molecule has 2 aromatic carbocycles. The molecule has 0 unspecified atom stereocenters. The number of nitrogens with one attached hydrogen (secondary N) is 1. The highest BCUT2D eigenvalue weighted by Crippen LogP contribution is 2.18. The quantitative estimate of drug-likeness (QED) is 0.535. The summed E-state index contributed by atoms with van der Waals surface area (Å²) in [5, 5.41) is 12.7. The second-order valence-corrected chi connectivity index (χ2v) is 7.32. The average Bonchev–Trinajstić information content (AvgIpc) is 3.13. The second kappa shape index (κ2) is 10.1. The molecule has 0 aliphatic carbocycles. The first-order valence-corrected chi connectivity index (χ1v) is 10.3. The van der Waals surface area contributed by atoms with Crippen LogP contribution in [0.4, 0.5) is 0 Å². The van der Waals surface area contributed by atoms with Crippen LogP contribution >= 0.6 is 23.4 Å². The van der Waals surface area contributed by atoms with Crippen molar-refractivity contribution in [1.29, 1.82) is 0 Å². The Morgan fingerprint density at radius 2 is 1.89 bits per heavy atom. The van der Waals surface area contributed by atoms with E-state index in [0.29, 0.717) is 29.9 Å². The van der Waals surface area contributed by atoms with Gasteiger partial charge in [-0.25, -0.2) is 0 Å². The summed E-state index contributed by atoms with van der Waals surface area (Å²) in [6.45, 7) is 3.51. The summed E-state index contributed by atoms with van der Waals surface area (Å²) in [5.74, 6) is 1.72. The Hall–Kier alpha value is -2.51. The molecule has 6 nitrogen and oxygen atoms in total. The Kier molecular flexibility index (Phi) is 7.33. The van der Waals surface area contributed by atoms with Crippen molar-refractivity contribution >= 4 is 29.3 Å². The first-order chi connectivity index (χ1) is 13.7. The summed E-state index contributed by atoms with van der Waals surface area (Å²) < 4.78 is 7.71. The Balaban J connectivity index is 1.50. The van der Waals surface area contributed by atoms with Crippen LogP contribution in [0.15, 0.2) is 59.8 Å². The molecule has 1 N–H and O–H groups in total. The van der Waals surface area contributed by atoms with Gasteiger partial charge in [-0.3, -0.25) is 4.79 Å². The molecule has 0 atom stereocenters. The van der Waals surface area contributed by atoms with Crippen molar-refractivity contribution in [2.24, 2.45) is 0 Å². The number of amides is 1. The number of ether oxygens (including phenoxy) is 1. The van der Waals surface area contributed by atoms with Gasteiger partial charge in [-0.15, -0.1) is 10.2 Å². The number of hydrogen-bond acceptors (Lipinski definition) is 5.